The van der Waals surface area contributed by atoms with E-state index in [4.69, 9.17) is 0 Å². The van der Waals surface area contributed by atoms with Crippen molar-refractivity contribution in [2.45, 2.75) is 39.2 Å². The lowest BCUT2D eigenvalue weighted by atomic mass is 9.93. The first-order chi connectivity index (χ1) is 9.24. The number of rotatable bonds is 5. The van der Waals surface area contributed by atoms with Gasteiger partial charge in [0.2, 0.25) is 0 Å². The van der Waals surface area contributed by atoms with Crippen LogP contribution in [0.4, 0.5) is 0 Å². The molecule has 1 N–H and O–H groups in total. The van der Waals surface area contributed by atoms with Gasteiger partial charge in [0.05, 0.1) is 0 Å². The summed E-state index contributed by atoms with van der Waals surface area (Å²) in [5, 5.41) is 3.49. The second-order valence-electron chi connectivity index (χ2n) is 5.85. The SMILES string of the molecule is CCC1CCN(CC(NC)c2ccccc2C)CC1. The molecule has 0 radical (unpaired) electrons. The Morgan fingerprint density at radius 2 is 1.95 bits per heavy atom. The summed E-state index contributed by atoms with van der Waals surface area (Å²) in [5.41, 5.74) is 2.84. The standard InChI is InChI=1S/C17H28N2/c1-4-15-9-11-19(12-10-15)13-17(18-3)16-8-6-5-7-14(16)2/h5-8,15,17-18H,4,9-13H2,1-3H3. The Morgan fingerprint density at radius 3 is 2.53 bits per heavy atom. The summed E-state index contributed by atoms with van der Waals surface area (Å²) >= 11 is 0. The topological polar surface area (TPSA) is 15.3 Å². The number of nitrogens with one attached hydrogen (secondary N) is 1. The van der Waals surface area contributed by atoms with E-state index in [9.17, 15) is 0 Å². The van der Waals surface area contributed by atoms with Crippen molar-refractivity contribution >= 4 is 0 Å². The zero-order chi connectivity index (χ0) is 13.7. The highest BCUT2D eigenvalue weighted by atomic mass is 15.1. The average Bonchev–Trinajstić information content (AvgIpc) is 2.46. The summed E-state index contributed by atoms with van der Waals surface area (Å²) in [7, 11) is 2.08. The van der Waals surface area contributed by atoms with Gasteiger partial charge in [-0.15, -0.1) is 0 Å². The molecule has 0 bridgehead atoms. The van der Waals surface area contributed by atoms with Gasteiger partial charge in [-0.25, -0.2) is 0 Å². The molecule has 1 fully saturated rings. The third kappa shape index (κ3) is 3.80. The van der Waals surface area contributed by atoms with Crippen molar-refractivity contribution in [1.29, 1.82) is 0 Å². The van der Waals surface area contributed by atoms with Crippen molar-refractivity contribution in [3.63, 3.8) is 0 Å². The minimum atomic E-state index is 0.458. The second-order valence-corrected chi connectivity index (χ2v) is 5.85. The molecule has 0 saturated carbocycles. The fourth-order valence-corrected chi connectivity index (χ4v) is 3.16. The van der Waals surface area contributed by atoms with Gasteiger partial charge in [-0.2, -0.15) is 0 Å². The Balaban J connectivity index is 1.95. The summed E-state index contributed by atoms with van der Waals surface area (Å²) in [6, 6.07) is 9.20. The van der Waals surface area contributed by atoms with E-state index in [0.29, 0.717) is 6.04 Å². The number of likely N-dealkylation sites (tertiary alicyclic amines) is 1. The minimum absolute atomic E-state index is 0.458. The summed E-state index contributed by atoms with van der Waals surface area (Å²) < 4.78 is 0. The maximum atomic E-state index is 3.49. The first-order valence-corrected chi connectivity index (χ1v) is 7.69. The zero-order valence-corrected chi connectivity index (χ0v) is 12.7. The van der Waals surface area contributed by atoms with Gasteiger partial charge in [-0.1, -0.05) is 37.6 Å². The molecule has 1 saturated heterocycles. The summed E-state index contributed by atoms with van der Waals surface area (Å²) in [4.78, 5) is 2.62. The normalized spacial score (nSPS) is 19.5. The highest BCUT2D eigenvalue weighted by Gasteiger charge is 2.21. The quantitative estimate of drug-likeness (QED) is 0.873. The van der Waals surface area contributed by atoms with Gasteiger partial charge in [0.1, 0.15) is 0 Å². The maximum absolute atomic E-state index is 3.49. The van der Waals surface area contributed by atoms with Crippen LogP contribution in [0.3, 0.4) is 0 Å². The van der Waals surface area contributed by atoms with E-state index in [1.165, 1.54) is 43.5 Å². The van der Waals surface area contributed by atoms with Crippen LogP contribution in [0.5, 0.6) is 0 Å². The molecule has 106 valence electrons. The molecular weight excluding hydrogens is 232 g/mol. The van der Waals surface area contributed by atoms with Gasteiger partial charge in [0.15, 0.2) is 0 Å². The Labute approximate surface area is 118 Å². The number of aryl methyl sites for hydroxylation is 1. The van der Waals surface area contributed by atoms with Crippen LogP contribution in [0, 0.1) is 12.8 Å². The van der Waals surface area contributed by atoms with Gasteiger partial charge in [-0.05, 0) is 56.9 Å². The highest BCUT2D eigenvalue weighted by Crippen LogP contribution is 2.23. The number of benzene rings is 1. The smallest absolute Gasteiger partial charge is 0.0449 e. The fourth-order valence-electron chi connectivity index (χ4n) is 3.16. The molecule has 0 aromatic heterocycles. The van der Waals surface area contributed by atoms with Crippen molar-refractivity contribution in [3.8, 4) is 0 Å². The van der Waals surface area contributed by atoms with Crippen LogP contribution in [-0.2, 0) is 0 Å². The molecule has 1 aromatic carbocycles. The molecule has 2 heteroatoms. The van der Waals surface area contributed by atoms with Crippen LogP contribution < -0.4 is 5.32 Å². The molecule has 0 amide bonds. The molecule has 1 atom stereocenters. The third-order valence-corrected chi connectivity index (χ3v) is 4.64. The first-order valence-electron chi connectivity index (χ1n) is 7.69. The maximum Gasteiger partial charge on any atom is 0.0449 e. The first kappa shape index (κ1) is 14.5. The largest absolute Gasteiger partial charge is 0.312 e. The molecule has 2 nitrogen and oxygen atoms in total. The summed E-state index contributed by atoms with van der Waals surface area (Å²) in [5.74, 6) is 0.961. The van der Waals surface area contributed by atoms with Gasteiger partial charge in [-0.3, -0.25) is 0 Å². The second kappa shape index (κ2) is 7.06. The predicted molar refractivity (Wildman–Crippen MR) is 82.4 cm³/mol. The molecule has 1 heterocycles. The van der Waals surface area contributed by atoms with E-state index in [-0.39, 0.29) is 0 Å². The predicted octanol–water partition coefficient (Wildman–Crippen LogP) is 3.38. The van der Waals surface area contributed by atoms with Crippen molar-refractivity contribution < 1.29 is 0 Å². The molecule has 19 heavy (non-hydrogen) atoms. The summed E-state index contributed by atoms with van der Waals surface area (Å²) in [6.07, 6.45) is 4.10. The van der Waals surface area contributed by atoms with E-state index < -0.39 is 0 Å². The van der Waals surface area contributed by atoms with Crippen molar-refractivity contribution in [2.75, 3.05) is 26.7 Å². The zero-order valence-electron chi connectivity index (χ0n) is 12.7. The van der Waals surface area contributed by atoms with Gasteiger partial charge in [0, 0.05) is 12.6 Å². The lowest BCUT2D eigenvalue weighted by Gasteiger charge is -2.34. The van der Waals surface area contributed by atoms with Crippen LogP contribution in [0.15, 0.2) is 24.3 Å². The van der Waals surface area contributed by atoms with Crippen molar-refractivity contribution in [1.82, 2.24) is 10.2 Å². The molecule has 0 aliphatic carbocycles. The van der Waals surface area contributed by atoms with E-state index in [1.54, 1.807) is 0 Å². The number of likely N-dealkylation sites (N-methyl/N-ethyl adjacent to an activating group) is 1. The molecule has 1 aromatic rings. The van der Waals surface area contributed by atoms with E-state index in [2.05, 4.69) is 55.4 Å². The summed E-state index contributed by atoms with van der Waals surface area (Å²) in [6.45, 7) is 8.20. The minimum Gasteiger partial charge on any atom is -0.312 e. The molecule has 0 spiro atoms. The van der Waals surface area contributed by atoms with Crippen LogP contribution in [0.2, 0.25) is 0 Å². The van der Waals surface area contributed by atoms with E-state index >= 15 is 0 Å². The fraction of sp³-hybridized carbons (Fsp3) is 0.647. The Bertz CT molecular complexity index is 381. The Kier molecular flexibility index (Phi) is 5.41. The van der Waals surface area contributed by atoms with Gasteiger partial charge >= 0.3 is 0 Å². The Morgan fingerprint density at radius 1 is 1.26 bits per heavy atom. The molecule has 1 aliphatic rings. The molecule has 1 unspecified atom stereocenters. The third-order valence-electron chi connectivity index (χ3n) is 4.64. The van der Waals surface area contributed by atoms with Gasteiger partial charge in [0.25, 0.3) is 0 Å². The number of hydrogen-bond acceptors (Lipinski definition) is 2. The number of hydrogen-bond donors (Lipinski definition) is 1. The van der Waals surface area contributed by atoms with Crippen molar-refractivity contribution in [3.05, 3.63) is 35.4 Å². The van der Waals surface area contributed by atoms with Crippen LogP contribution in [0.25, 0.3) is 0 Å². The van der Waals surface area contributed by atoms with Crippen LogP contribution >= 0.6 is 0 Å². The van der Waals surface area contributed by atoms with E-state index in [0.717, 1.165) is 12.5 Å². The number of nitrogens with zero attached hydrogens (tertiary/aromatic N) is 1. The van der Waals surface area contributed by atoms with Crippen molar-refractivity contribution in [2.24, 2.45) is 5.92 Å². The van der Waals surface area contributed by atoms with Crippen LogP contribution in [0.1, 0.15) is 43.4 Å². The lowest BCUT2D eigenvalue weighted by molar-refractivity contribution is 0.167. The Hall–Kier alpha value is -0.860. The highest BCUT2D eigenvalue weighted by molar-refractivity contribution is 5.29. The molecule has 2 rings (SSSR count). The van der Waals surface area contributed by atoms with Crippen LogP contribution in [-0.4, -0.2) is 31.6 Å². The average molecular weight is 260 g/mol. The lowest BCUT2D eigenvalue weighted by Crippen LogP contribution is -2.39. The molecular formula is C17H28N2. The number of piperidine rings is 1. The molecule has 1 aliphatic heterocycles. The van der Waals surface area contributed by atoms with Gasteiger partial charge < -0.3 is 10.2 Å². The monoisotopic (exact) mass is 260 g/mol. The van der Waals surface area contributed by atoms with E-state index in [1.807, 2.05) is 0 Å².